The van der Waals surface area contributed by atoms with Crippen LogP contribution in [0.25, 0.3) is 11.4 Å². The van der Waals surface area contributed by atoms with Crippen molar-refractivity contribution in [3.05, 3.63) is 47.9 Å². The Balaban J connectivity index is 1.62. The highest BCUT2D eigenvalue weighted by molar-refractivity contribution is 7.99. The molecule has 3 aromatic rings. The number of rotatable bonds is 5. The first-order valence-corrected chi connectivity index (χ1v) is 8.34. The average Bonchev–Trinajstić information content (AvgIpc) is 2.97. The lowest BCUT2D eigenvalue weighted by Crippen LogP contribution is -2.15. The van der Waals surface area contributed by atoms with Crippen molar-refractivity contribution in [1.82, 2.24) is 24.7 Å². The van der Waals surface area contributed by atoms with Gasteiger partial charge in [-0.25, -0.2) is 4.98 Å². The van der Waals surface area contributed by atoms with Crippen LogP contribution in [0.1, 0.15) is 0 Å². The summed E-state index contributed by atoms with van der Waals surface area (Å²) in [7, 11) is 1.85. The Morgan fingerprint density at radius 2 is 2.17 bits per heavy atom. The van der Waals surface area contributed by atoms with Crippen molar-refractivity contribution in [2.45, 2.75) is 5.16 Å². The topological polar surface area (TPSA) is 85.6 Å². The van der Waals surface area contributed by atoms with E-state index in [2.05, 4.69) is 25.5 Å². The normalized spacial score (nSPS) is 10.6. The van der Waals surface area contributed by atoms with Gasteiger partial charge in [-0.1, -0.05) is 23.4 Å². The molecule has 122 valence electrons. The van der Waals surface area contributed by atoms with Gasteiger partial charge >= 0.3 is 0 Å². The van der Waals surface area contributed by atoms with Crippen molar-refractivity contribution in [3.63, 3.8) is 0 Å². The summed E-state index contributed by atoms with van der Waals surface area (Å²) in [5, 5.41) is 12.1. The first kappa shape index (κ1) is 16.4. The Labute approximate surface area is 147 Å². The summed E-state index contributed by atoms with van der Waals surface area (Å²) in [4.78, 5) is 20.1. The zero-order valence-corrected chi connectivity index (χ0v) is 14.3. The highest BCUT2D eigenvalue weighted by Crippen LogP contribution is 2.22. The number of pyridine rings is 2. The smallest absolute Gasteiger partial charge is 0.236 e. The van der Waals surface area contributed by atoms with Crippen LogP contribution in [-0.2, 0) is 11.8 Å². The van der Waals surface area contributed by atoms with E-state index >= 15 is 0 Å². The molecule has 3 rings (SSSR count). The molecular formula is C15H13ClN6OS. The molecule has 9 heteroatoms. The fraction of sp³-hybridized carbons (Fsp3) is 0.133. The maximum atomic E-state index is 12.0. The van der Waals surface area contributed by atoms with Crippen LogP contribution in [-0.4, -0.2) is 36.4 Å². The monoisotopic (exact) mass is 360 g/mol. The Morgan fingerprint density at radius 3 is 2.88 bits per heavy atom. The Hall–Kier alpha value is -2.45. The van der Waals surface area contributed by atoms with Gasteiger partial charge in [-0.3, -0.25) is 9.78 Å². The number of hydrogen-bond donors (Lipinski definition) is 1. The lowest BCUT2D eigenvalue weighted by atomic mass is 10.3. The molecular weight excluding hydrogens is 348 g/mol. The molecule has 0 radical (unpaired) electrons. The van der Waals surface area contributed by atoms with E-state index in [4.69, 9.17) is 11.6 Å². The van der Waals surface area contributed by atoms with E-state index in [1.807, 2.05) is 23.7 Å². The summed E-state index contributed by atoms with van der Waals surface area (Å²) in [6.07, 6.45) is 4.90. The summed E-state index contributed by atoms with van der Waals surface area (Å²) >= 11 is 7.05. The minimum atomic E-state index is -0.180. The summed E-state index contributed by atoms with van der Waals surface area (Å²) in [5.74, 6) is 1.17. The number of carbonyl (C=O) groups is 1. The van der Waals surface area contributed by atoms with Gasteiger partial charge in [-0.05, 0) is 24.3 Å². The molecule has 0 aliphatic heterocycles. The number of carbonyl (C=O) groups excluding carboxylic acids is 1. The summed E-state index contributed by atoms with van der Waals surface area (Å²) in [6.45, 7) is 0. The minimum Gasteiger partial charge on any atom is -0.310 e. The fourth-order valence-electron chi connectivity index (χ4n) is 1.95. The van der Waals surface area contributed by atoms with E-state index < -0.39 is 0 Å². The number of amides is 1. The number of nitrogens with zero attached hydrogens (tertiary/aromatic N) is 5. The molecule has 7 nitrogen and oxygen atoms in total. The van der Waals surface area contributed by atoms with Crippen molar-refractivity contribution in [1.29, 1.82) is 0 Å². The maximum absolute atomic E-state index is 12.0. The molecule has 3 aromatic heterocycles. The molecule has 1 amide bonds. The summed E-state index contributed by atoms with van der Waals surface area (Å²) in [5.41, 5.74) is 0.870. The second kappa shape index (κ2) is 7.41. The maximum Gasteiger partial charge on any atom is 0.236 e. The van der Waals surface area contributed by atoms with Crippen LogP contribution in [0, 0.1) is 0 Å². The molecule has 24 heavy (non-hydrogen) atoms. The highest BCUT2D eigenvalue weighted by atomic mass is 35.5. The van der Waals surface area contributed by atoms with Crippen molar-refractivity contribution < 1.29 is 4.79 Å². The molecule has 0 unspecified atom stereocenters. The van der Waals surface area contributed by atoms with Gasteiger partial charge in [0.15, 0.2) is 11.0 Å². The largest absolute Gasteiger partial charge is 0.310 e. The van der Waals surface area contributed by atoms with Gasteiger partial charge in [-0.2, -0.15) is 0 Å². The summed E-state index contributed by atoms with van der Waals surface area (Å²) in [6, 6.07) is 7.06. The predicted octanol–water partition coefficient (Wildman–Crippen LogP) is 2.66. The van der Waals surface area contributed by atoms with Crippen LogP contribution in [0.2, 0.25) is 5.02 Å². The number of aromatic nitrogens is 5. The Kier molecular flexibility index (Phi) is 5.07. The van der Waals surface area contributed by atoms with Crippen LogP contribution in [0.5, 0.6) is 0 Å². The number of thioether (sulfide) groups is 1. The third kappa shape index (κ3) is 3.90. The van der Waals surface area contributed by atoms with Crippen molar-refractivity contribution in [3.8, 4) is 11.4 Å². The molecule has 0 spiro atoms. The highest BCUT2D eigenvalue weighted by Gasteiger charge is 2.13. The minimum absolute atomic E-state index is 0.180. The van der Waals surface area contributed by atoms with Gasteiger partial charge in [-0.15, -0.1) is 10.2 Å². The average molecular weight is 361 g/mol. The summed E-state index contributed by atoms with van der Waals surface area (Å²) < 4.78 is 1.83. The molecule has 0 aliphatic rings. The first-order chi connectivity index (χ1) is 11.6. The van der Waals surface area contributed by atoms with E-state index in [-0.39, 0.29) is 11.7 Å². The molecule has 0 atom stereocenters. The number of hydrogen-bond acceptors (Lipinski definition) is 6. The molecule has 3 heterocycles. The zero-order chi connectivity index (χ0) is 16.9. The molecule has 0 saturated heterocycles. The third-order valence-electron chi connectivity index (χ3n) is 3.08. The molecule has 0 aliphatic carbocycles. The van der Waals surface area contributed by atoms with Crippen LogP contribution in [0.15, 0.2) is 48.0 Å². The number of halogens is 1. The van der Waals surface area contributed by atoms with Gasteiger partial charge < -0.3 is 9.88 Å². The zero-order valence-electron chi connectivity index (χ0n) is 12.7. The van der Waals surface area contributed by atoms with Crippen LogP contribution >= 0.6 is 23.4 Å². The van der Waals surface area contributed by atoms with Gasteiger partial charge in [0.2, 0.25) is 5.91 Å². The van der Waals surface area contributed by atoms with E-state index in [1.54, 1.807) is 24.5 Å². The van der Waals surface area contributed by atoms with Crippen LogP contribution in [0.3, 0.4) is 0 Å². The van der Waals surface area contributed by atoms with E-state index in [9.17, 15) is 4.79 Å². The van der Waals surface area contributed by atoms with Crippen molar-refractivity contribution in [2.24, 2.45) is 7.05 Å². The number of nitrogens with one attached hydrogen (secondary N) is 1. The Morgan fingerprint density at radius 1 is 1.29 bits per heavy atom. The van der Waals surface area contributed by atoms with Crippen LogP contribution < -0.4 is 5.32 Å². The van der Waals surface area contributed by atoms with Crippen LogP contribution in [0.4, 0.5) is 5.82 Å². The van der Waals surface area contributed by atoms with Gasteiger partial charge in [0, 0.05) is 31.2 Å². The van der Waals surface area contributed by atoms with Gasteiger partial charge in [0.05, 0.1) is 10.8 Å². The molecule has 0 bridgehead atoms. The quantitative estimate of drug-likeness (QED) is 0.704. The lowest BCUT2D eigenvalue weighted by molar-refractivity contribution is -0.113. The fourth-order valence-corrected chi connectivity index (χ4v) is 2.77. The predicted molar refractivity (Wildman–Crippen MR) is 92.8 cm³/mol. The van der Waals surface area contributed by atoms with E-state index in [0.29, 0.717) is 21.8 Å². The third-order valence-corrected chi connectivity index (χ3v) is 4.33. The van der Waals surface area contributed by atoms with Gasteiger partial charge in [0.25, 0.3) is 0 Å². The standard InChI is InChI=1S/C15H13ClN6OS/c1-22-14(10-3-2-6-17-7-10)20-21-15(22)24-9-13(23)19-12-5-4-11(16)8-18-12/h2-8H,9H2,1H3,(H,18,19,23). The second-order valence-electron chi connectivity index (χ2n) is 4.81. The first-order valence-electron chi connectivity index (χ1n) is 6.97. The van der Waals surface area contributed by atoms with E-state index in [0.717, 1.165) is 5.56 Å². The molecule has 0 saturated carbocycles. The Bertz CT molecular complexity index is 837. The molecule has 0 fully saturated rings. The number of anilines is 1. The van der Waals surface area contributed by atoms with Crippen molar-refractivity contribution >= 4 is 35.1 Å². The van der Waals surface area contributed by atoms with Gasteiger partial charge in [0.1, 0.15) is 5.82 Å². The SMILES string of the molecule is Cn1c(SCC(=O)Nc2ccc(Cl)cn2)nnc1-c1cccnc1. The van der Waals surface area contributed by atoms with Crippen molar-refractivity contribution in [2.75, 3.05) is 11.1 Å². The molecule has 1 N–H and O–H groups in total. The second-order valence-corrected chi connectivity index (χ2v) is 6.18. The van der Waals surface area contributed by atoms with E-state index in [1.165, 1.54) is 18.0 Å². The molecule has 0 aromatic carbocycles. The lowest BCUT2D eigenvalue weighted by Gasteiger charge is -2.05.